The van der Waals surface area contributed by atoms with Crippen molar-refractivity contribution in [1.82, 2.24) is 10.3 Å². The second kappa shape index (κ2) is 8.09. The third-order valence-corrected chi connectivity index (χ3v) is 5.95. The first-order valence-electron chi connectivity index (χ1n) is 9.36. The quantitative estimate of drug-likeness (QED) is 0.566. The van der Waals surface area contributed by atoms with E-state index in [-0.39, 0.29) is 17.7 Å². The summed E-state index contributed by atoms with van der Waals surface area (Å²) in [5, 5.41) is 5.00. The number of hydrogen-bond donors (Lipinski definition) is 2. The van der Waals surface area contributed by atoms with Gasteiger partial charge in [-0.15, -0.1) is 0 Å². The number of rotatable bonds is 6. The normalized spacial score (nSPS) is 19.0. The fourth-order valence-corrected chi connectivity index (χ4v) is 4.31. The van der Waals surface area contributed by atoms with Crippen LogP contribution >= 0.6 is 23.2 Å². The zero-order valence-corrected chi connectivity index (χ0v) is 17.3. The molecule has 1 amide bonds. The van der Waals surface area contributed by atoms with Gasteiger partial charge in [-0.05, 0) is 41.7 Å². The highest BCUT2D eigenvalue weighted by molar-refractivity contribution is 6.35. The molecule has 2 N–H and O–H groups in total. The number of benzene rings is 2. The van der Waals surface area contributed by atoms with Gasteiger partial charge in [-0.2, -0.15) is 0 Å². The molecule has 4 rings (SSSR count). The Labute approximate surface area is 178 Å². The van der Waals surface area contributed by atoms with E-state index in [9.17, 15) is 9.59 Å². The van der Waals surface area contributed by atoms with Crippen LogP contribution in [0, 0.1) is 5.92 Å². The summed E-state index contributed by atoms with van der Waals surface area (Å²) in [6, 6.07) is 12.4. The number of fused-ring (bicyclic) bond motifs is 1. The molecule has 2 unspecified atom stereocenters. The van der Waals surface area contributed by atoms with Crippen LogP contribution in [0.5, 0.6) is 0 Å². The largest absolute Gasteiger partial charge is 0.467 e. The van der Waals surface area contributed by atoms with Gasteiger partial charge in [0.25, 0.3) is 0 Å². The molecule has 7 heteroatoms. The number of ether oxygens (including phenoxy) is 1. The van der Waals surface area contributed by atoms with Crippen LogP contribution in [0.4, 0.5) is 0 Å². The first-order chi connectivity index (χ1) is 14.0. The van der Waals surface area contributed by atoms with E-state index in [1.165, 1.54) is 7.11 Å². The lowest BCUT2D eigenvalue weighted by atomic mass is 10.0. The van der Waals surface area contributed by atoms with E-state index < -0.39 is 12.0 Å². The Morgan fingerprint density at radius 2 is 2.03 bits per heavy atom. The van der Waals surface area contributed by atoms with Gasteiger partial charge in [0, 0.05) is 39.5 Å². The average molecular weight is 431 g/mol. The number of halogens is 2. The number of carbonyl (C=O) groups excluding carboxylic acids is 2. The van der Waals surface area contributed by atoms with Gasteiger partial charge in [0.1, 0.15) is 6.04 Å². The highest BCUT2D eigenvalue weighted by atomic mass is 35.5. The van der Waals surface area contributed by atoms with Gasteiger partial charge in [-0.25, -0.2) is 4.79 Å². The molecule has 0 radical (unpaired) electrons. The Balaban J connectivity index is 1.47. The number of hydrogen-bond acceptors (Lipinski definition) is 3. The molecule has 3 aromatic rings. The molecule has 1 saturated carbocycles. The number of amides is 1. The lowest BCUT2D eigenvalue weighted by Gasteiger charge is -2.16. The zero-order valence-electron chi connectivity index (χ0n) is 15.7. The zero-order chi connectivity index (χ0) is 20.5. The van der Waals surface area contributed by atoms with Crippen molar-refractivity contribution in [1.29, 1.82) is 0 Å². The van der Waals surface area contributed by atoms with Crippen LogP contribution in [0.2, 0.25) is 10.0 Å². The number of methoxy groups -OCH3 is 1. The van der Waals surface area contributed by atoms with Crippen molar-refractivity contribution in [3.63, 3.8) is 0 Å². The fraction of sp³-hybridized carbons (Fsp3) is 0.273. The van der Waals surface area contributed by atoms with Crippen molar-refractivity contribution < 1.29 is 14.3 Å². The smallest absolute Gasteiger partial charge is 0.328 e. The fourth-order valence-electron chi connectivity index (χ4n) is 3.77. The number of H-pyrrole nitrogens is 1. The maximum absolute atomic E-state index is 12.8. The minimum Gasteiger partial charge on any atom is -0.467 e. The minimum atomic E-state index is -0.756. The van der Waals surface area contributed by atoms with E-state index in [4.69, 9.17) is 27.9 Å². The molecule has 1 aromatic heterocycles. The maximum atomic E-state index is 12.8. The predicted octanol–water partition coefficient (Wildman–Crippen LogP) is 4.48. The molecule has 0 spiro atoms. The van der Waals surface area contributed by atoms with Gasteiger partial charge in [0.15, 0.2) is 0 Å². The molecule has 1 aliphatic rings. The van der Waals surface area contributed by atoms with E-state index >= 15 is 0 Å². The molecular formula is C22H20Cl2N2O3. The predicted molar refractivity (Wildman–Crippen MR) is 113 cm³/mol. The Morgan fingerprint density at radius 3 is 2.79 bits per heavy atom. The molecule has 1 fully saturated rings. The Kier molecular flexibility index (Phi) is 5.52. The Hall–Kier alpha value is -2.50. The van der Waals surface area contributed by atoms with Gasteiger partial charge >= 0.3 is 5.97 Å². The van der Waals surface area contributed by atoms with Gasteiger partial charge < -0.3 is 15.0 Å². The van der Waals surface area contributed by atoms with Crippen molar-refractivity contribution in [3.05, 3.63) is 69.8 Å². The topological polar surface area (TPSA) is 71.2 Å². The molecule has 0 aliphatic heterocycles. The van der Waals surface area contributed by atoms with Crippen molar-refractivity contribution >= 4 is 46.0 Å². The minimum absolute atomic E-state index is 0.0335. The number of esters is 1. The second-order valence-corrected chi connectivity index (χ2v) is 8.11. The van der Waals surface area contributed by atoms with E-state index in [0.717, 1.165) is 22.0 Å². The SMILES string of the molecule is COC(=O)[C@H](Cc1c[nH]c2ccccc12)NC(=O)C1CC1c1ccc(Cl)cc1Cl. The molecule has 1 heterocycles. The summed E-state index contributed by atoms with van der Waals surface area (Å²) in [5.41, 5.74) is 2.84. The van der Waals surface area contributed by atoms with Crippen LogP contribution in [-0.2, 0) is 20.7 Å². The number of carbonyl (C=O) groups is 2. The van der Waals surface area contributed by atoms with Crippen molar-refractivity contribution in [3.8, 4) is 0 Å². The van der Waals surface area contributed by atoms with E-state index in [1.54, 1.807) is 12.1 Å². The van der Waals surface area contributed by atoms with Gasteiger partial charge in [-0.3, -0.25) is 4.79 Å². The van der Waals surface area contributed by atoms with Gasteiger partial charge in [-0.1, -0.05) is 47.5 Å². The van der Waals surface area contributed by atoms with Crippen LogP contribution in [0.3, 0.4) is 0 Å². The van der Waals surface area contributed by atoms with Crippen LogP contribution < -0.4 is 5.32 Å². The van der Waals surface area contributed by atoms with Crippen LogP contribution in [-0.4, -0.2) is 30.0 Å². The van der Waals surface area contributed by atoms with Crippen LogP contribution in [0.25, 0.3) is 10.9 Å². The summed E-state index contributed by atoms with van der Waals surface area (Å²) < 4.78 is 4.92. The van der Waals surface area contributed by atoms with E-state index in [2.05, 4.69) is 10.3 Å². The molecule has 1 aliphatic carbocycles. The van der Waals surface area contributed by atoms with E-state index in [0.29, 0.717) is 22.9 Å². The molecule has 0 saturated heterocycles. The second-order valence-electron chi connectivity index (χ2n) is 7.26. The van der Waals surface area contributed by atoms with Gasteiger partial charge in [0.2, 0.25) is 5.91 Å². The number of aromatic amines is 1. The Bertz CT molecular complexity index is 1080. The average Bonchev–Trinajstić information content (AvgIpc) is 3.40. The summed E-state index contributed by atoms with van der Waals surface area (Å²) in [6.45, 7) is 0. The summed E-state index contributed by atoms with van der Waals surface area (Å²) >= 11 is 12.2. The standard InChI is InChI=1S/C22H20Cl2N2O3/c1-29-22(28)20(8-12-11-25-19-5-3-2-4-14(12)19)26-21(27)17-10-16(17)15-7-6-13(23)9-18(15)24/h2-7,9,11,16-17,20,25H,8,10H2,1H3,(H,26,27)/t16?,17?,20-/m0/s1. The highest BCUT2D eigenvalue weighted by Crippen LogP contribution is 2.50. The Morgan fingerprint density at radius 1 is 1.24 bits per heavy atom. The summed E-state index contributed by atoms with van der Waals surface area (Å²) in [5.74, 6) is -0.823. The number of para-hydroxylation sites is 1. The number of nitrogens with one attached hydrogen (secondary N) is 2. The summed E-state index contributed by atoms with van der Waals surface area (Å²) in [7, 11) is 1.32. The molecule has 2 aromatic carbocycles. The maximum Gasteiger partial charge on any atom is 0.328 e. The molecule has 0 bridgehead atoms. The molecular weight excluding hydrogens is 411 g/mol. The molecule has 29 heavy (non-hydrogen) atoms. The van der Waals surface area contributed by atoms with E-state index in [1.807, 2.05) is 36.5 Å². The lowest BCUT2D eigenvalue weighted by Crippen LogP contribution is -2.43. The lowest BCUT2D eigenvalue weighted by molar-refractivity contribution is -0.145. The summed E-state index contributed by atoms with van der Waals surface area (Å²) in [4.78, 5) is 28.3. The van der Waals surface area contributed by atoms with Crippen molar-refractivity contribution in [2.45, 2.75) is 24.8 Å². The third kappa shape index (κ3) is 4.11. The monoisotopic (exact) mass is 430 g/mol. The first kappa shape index (κ1) is 19.8. The third-order valence-electron chi connectivity index (χ3n) is 5.39. The highest BCUT2D eigenvalue weighted by Gasteiger charge is 2.45. The van der Waals surface area contributed by atoms with Crippen LogP contribution in [0.1, 0.15) is 23.5 Å². The molecule has 5 nitrogen and oxygen atoms in total. The number of aromatic nitrogens is 1. The summed E-state index contributed by atoms with van der Waals surface area (Å²) in [6.07, 6.45) is 2.90. The van der Waals surface area contributed by atoms with Gasteiger partial charge in [0.05, 0.1) is 7.11 Å². The van der Waals surface area contributed by atoms with Crippen LogP contribution in [0.15, 0.2) is 48.7 Å². The van der Waals surface area contributed by atoms with Crippen molar-refractivity contribution in [2.75, 3.05) is 7.11 Å². The first-order valence-corrected chi connectivity index (χ1v) is 10.1. The van der Waals surface area contributed by atoms with Crippen molar-refractivity contribution in [2.24, 2.45) is 5.92 Å². The molecule has 150 valence electrons. The molecule has 3 atom stereocenters.